The molecule has 0 spiro atoms. The van der Waals surface area contributed by atoms with Crippen LogP contribution < -0.4 is 4.74 Å². The minimum Gasteiger partial charge on any atom is -0.478 e. The van der Waals surface area contributed by atoms with E-state index in [4.69, 9.17) is 9.26 Å². The maximum Gasteiger partial charge on any atom is 0.270 e. The van der Waals surface area contributed by atoms with Gasteiger partial charge in [0, 0.05) is 5.41 Å². The third-order valence-corrected chi connectivity index (χ3v) is 2.98. The predicted molar refractivity (Wildman–Crippen MR) is 79.1 cm³/mol. The van der Waals surface area contributed by atoms with Crippen molar-refractivity contribution in [2.75, 3.05) is 0 Å². The summed E-state index contributed by atoms with van der Waals surface area (Å²) in [5.74, 6) is 1.50. The van der Waals surface area contributed by atoms with Crippen LogP contribution in [0.3, 0.4) is 0 Å². The summed E-state index contributed by atoms with van der Waals surface area (Å²) < 4.78 is 11.2. The fourth-order valence-electron chi connectivity index (χ4n) is 1.78. The standard InChI is InChI=1S/C16H22N2O3/c1-15(2,3)14-17-13(21-18-14)12(16(4,5)19)20-11-9-7-6-8-10-11/h6-10,12,19H,1-5H3. The average Bonchev–Trinajstić information content (AvgIpc) is 2.85. The Morgan fingerprint density at radius 2 is 1.71 bits per heavy atom. The molecule has 1 N–H and O–H groups in total. The lowest BCUT2D eigenvalue weighted by atomic mass is 9.96. The van der Waals surface area contributed by atoms with E-state index in [0.29, 0.717) is 11.6 Å². The molecule has 0 aliphatic rings. The Labute approximate surface area is 125 Å². The van der Waals surface area contributed by atoms with Crippen LogP contribution in [0.15, 0.2) is 34.9 Å². The van der Waals surface area contributed by atoms with Crippen LogP contribution in [0.1, 0.15) is 52.4 Å². The summed E-state index contributed by atoms with van der Waals surface area (Å²) >= 11 is 0. The highest BCUT2D eigenvalue weighted by molar-refractivity contribution is 5.22. The van der Waals surface area contributed by atoms with Crippen molar-refractivity contribution < 1.29 is 14.4 Å². The molecule has 1 aromatic carbocycles. The summed E-state index contributed by atoms with van der Waals surface area (Å²) in [6, 6.07) is 9.27. The first kappa shape index (κ1) is 15.5. The SMILES string of the molecule is CC(C)(C)c1noc(C(Oc2ccccc2)C(C)(C)O)n1. The van der Waals surface area contributed by atoms with Crippen molar-refractivity contribution in [2.45, 2.75) is 51.7 Å². The van der Waals surface area contributed by atoms with Crippen LogP contribution in [-0.2, 0) is 5.41 Å². The Bertz CT molecular complexity index is 580. The zero-order chi connectivity index (χ0) is 15.7. The molecule has 0 aliphatic heterocycles. The van der Waals surface area contributed by atoms with E-state index in [1.165, 1.54) is 0 Å². The maximum atomic E-state index is 10.4. The van der Waals surface area contributed by atoms with Crippen molar-refractivity contribution >= 4 is 0 Å². The van der Waals surface area contributed by atoms with Crippen LogP contribution in [-0.4, -0.2) is 20.8 Å². The number of para-hydroxylation sites is 1. The van der Waals surface area contributed by atoms with E-state index in [-0.39, 0.29) is 11.3 Å². The Kier molecular flexibility index (Phi) is 4.05. The Hall–Kier alpha value is -1.88. The second kappa shape index (κ2) is 5.48. The summed E-state index contributed by atoms with van der Waals surface area (Å²) in [6.45, 7) is 9.31. The van der Waals surface area contributed by atoms with E-state index in [0.717, 1.165) is 0 Å². The van der Waals surface area contributed by atoms with E-state index >= 15 is 0 Å². The van der Waals surface area contributed by atoms with Gasteiger partial charge in [0.2, 0.25) is 6.10 Å². The summed E-state index contributed by atoms with van der Waals surface area (Å²) in [5, 5.41) is 14.3. The number of nitrogens with zero attached hydrogens (tertiary/aromatic N) is 2. The molecule has 1 heterocycles. The molecule has 1 aromatic heterocycles. The van der Waals surface area contributed by atoms with E-state index in [1.807, 2.05) is 51.1 Å². The van der Waals surface area contributed by atoms with Gasteiger partial charge in [0.05, 0.1) is 0 Å². The topological polar surface area (TPSA) is 68.4 Å². The number of rotatable bonds is 4. The fourth-order valence-corrected chi connectivity index (χ4v) is 1.78. The first-order valence-corrected chi connectivity index (χ1v) is 6.96. The second-order valence-corrected chi connectivity index (χ2v) is 6.67. The molecule has 21 heavy (non-hydrogen) atoms. The molecule has 1 unspecified atom stereocenters. The number of hydrogen-bond donors (Lipinski definition) is 1. The van der Waals surface area contributed by atoms with Gasteiger partial charge in [-0.15, -0.1) is 0 Å². The molecule has 2 rings (SSSR count). The molecule has 0 bridgehead atoms. The number of ether oxygens (including phenoxy) is 1. The Morgan fingerprint density at radius 1 is 1.10 bits per heavy atom. The van der Waals surface area contributed by atoms with Gasteiger partial charge in [-0.25, -0.2) is 0 Å². The number of aromatic nitrogens is 2. The lowest BCUT2D eigenvalue weighted by Crippen LogP contribution is -2.33. The molecule has 0 saturated carbocycles. The monoisotopic (exact) mass is 290 g/mol. The van der Waals surface area contributed by atoms with E-state index in [9.17, 15) is 5.11 Å². The van der Waals surface area contributed by atoms with Gasteiger partial charge in [-0.3, -0.25) is 0 Å². The third kappa shape index (κ3) is 3.82. The second-order valence-electron chi connectivity index (χ2n) is 6.67. The smallest absolute Gasteiger partial charge is 0.270 e. The minimum absolute atomic E-state index is 0.224. The third-order valence-electron chi connectivity index (χ3n) is 2.98. The minimum atomic E-state index is -1.16. The molecular formula is C16H22N2O3. The van der Waals surface area contributed by atoms with Crippen molar-refractivity contribution in [2.24, 2.45) is 0 Å². The maximum absolute atomic E-state index is 10.4. The molecule has 5 nitrogen and oxygen atoms in total. The van der Waals surface area contributed by atoms with E-state index < -0.39 is 11.7 Å². The first-order chi connectivity index (χ1) is 9.68. The average molecular weight is 290 g/mol. The summed E-state index contributed by atoms with van der Waals surface area (Å²) in [7, 11) is 0. The van der Waals surface area contributed by atoms with Crippen molar-refractivity contribution in [1.82, 2.24) is 10.1 Å². The molecule has 1 atom stereocenters. The normalized spacial score (nSPS) is 14.0. The van der Waals surface area contributed by atoms with Gasteiger partial charge in [-0.1, -0.05) is 44.1 Å². The van der Waals surface area contributed by atoms with Crippen LogP contribution in [0.25, 0.3) is 0 Å². The summed E-state index contributed by atoms with van der Waals surface area (Å²) in [5.41, 5.74) is -1.38. The highest BCUT2D eigenvalue weighted by atomic mass is 16.5. The van der Waals surface area contributed by atoms with Gasteiger partial charge in [0.15, 0.2) is 5.82 Å². The van der Waals surface area contributed by atoms with Crippen molar-refractivity contribution in [3.05, 3.63) is 42.0 Å². The molecular weight excluding hydrogens is 268 g/mol. The van der Waals surface area contributed by atoms with Gasteiger partial charge >= 0.3 is 0 Å². The number of benzene rings is 1. The van der Waals surface area contributed by atoms with Gasteiger partial charge in [-0.2, -0.15) is 4.98 Å². The molecule has 0 radical (unpaired) electrons. The van der Waals surface area contributed by atoms with Crippen LogP contribution >= 0.6 is 0 Å². The molecule has 0 fully saturated rings. The summed E-state index contributed by atoms with van der Waals surface area (Å²) in [4.78, 5) is 4.38. The highest BCUT2D eigenvalue weighted by Gasteiger charge is 2.36. The summed E-state index contributed by atoms with van der Waals surface area (Å²) in [6.07, 6.45) is -0.733. The fraction of sp³-hybridized carbons (Fsp3) is 0.500. The van der Waals surface area contributed by atoms with Crippen molar-refractivity contribution in [1.29, 1.82) is 0 Å². The quantitative estimate of drug-likeness (QED) is 0.936. The predicted octanol–water partition coefficient (Wildman–Crippen LogP) is 3.26. The number of aliphatic hydroxyl groups is 1. The van der Waals surface area contributed by atoms with Crippen molar-refractivity contribution in [3.8, 4) is 5.75 Å². The van der Waals surface area contributed by atoms with Gasteiger partial charge in [0.25, 0.3) is 5.89 Å². The first-order valence-electron chi connectivity index (χ1n) is 6.96. The molecule has 0 amide bonds. The zero-order valence-corrected chi connectivity index (χ0v) is 13.1. The molecule has 0 saturated heterocycles. The van der Waals surface area contributed by atoms with Crippen LogP contribution in [0.5, 0.6) is 5.75 Å². The lowest BCUT2D eigenvalue weighted by Gasteiger charge is -2.26. The van der Waals surface area contributed by atoms with Gasteiger partial charge in [0.1, 0.15) is 11.4 Å². The molecule has 2 aromatic rings. The highest BCUT2D eigenvalue weighted by Crippen LogP contribution is 2.31. The van der Waals surface area contributed by atoms with Crippen LogP contribution in [0.2, 0.25) is 0 Å². The van der Waals surface area contributed by atoms with Crippen LogP contribution in [0.4, 0.5) is 0 Å². The van der Waals surface area contributed by atoms with Crippen LogP contribution in [0, 0.1) is 0 Å². The molecule has 114 valence electrons. The van der Waals surface area contributed by atoms with Crippen molar-refractivity contribution in [3.63, 3.8) is 0 Å². The lowest BCUT2D eigenvalue weighted by molar-refractivity contribution is -0.0495. The Morgan fingerprint density at radius 3 is 2.19 bits per heavy atom. The Balaban J connectivity index is 2.31. The number of hydrogen-bond acceptors (Lipinski definition) is 5. The largest absolute Gasteiger partial charge is 0.478 e. The molecule has 0 aliphatic carbocycles. The van der Waals surface area contributed by atoms with Gasteiger partial charge in [-0.05, 0) is 26.0 Å². The van der Waals surface area contributed by atoms with Gasteiger partial charge < -0.3 is 14.4 Å². The van der Waals surface area contributed by atoms with E-state index in [1.54, 1.807) is 13.8 Å². The zero-order valence-electron chi connectivity index (χ0n) is 13.1. The van der Waals surface area contributed by atoms with E-state index in [2.05, 4.69) is 10.1 Å². The molecule has 5 heteroatoms.